The average molecular weight is 806 g/mol. The van der Waals surface area contributed by atoms with Crippen molar-refractivity contribution in [3.63, 3.8) is 0 Å². The number of aromatic nitrogens is 3. The molecule has 1 aliphatic carbocycles. The van der Waals surface area contributed by atoms with Gasteiger partial charge in [-0.1, -0.05) is 11.6 Å². The second-order valence-electron chi connectivity index (χ2n) is 15.0. The van der Waals surface area contributed by atoms with Crippen molar-refractivity contribution in [2.24, 2.45) is 0 Å². The maximum absolute atomic E-state index is 13.8. The van der Waals surface area contributed by atoms with Gasteiger partial charge in [0.05, 0.1) is 33.7 Å². The van der Waals surface area contributed by atoms with Crippen LogP contribution in [0.25, 0.3) is 11.0 Å². The standard InChI is InChI=1S/C36H46ClF2N9O6S/c1-36(52)10-2-4-29(36)48-32-23(20-26(31(38)39)33(48)50)22-40-34(43-32)41-24-7-12-46(13-8-24)55(53,54)19-3-11-44-15-17-45(18-16-44)25-5-6-28(27(37)21-25)47-14-9-30(49)42-35(47)51/h5-6,20-22,24,29,31,52H,2-4,7-19H2,1H3,(H,40,41,43)(H,42,49,51)/t29-,36-/m1/s1. The molecule has 4 aliphatic rings. The van der Waals surface area contributed by atoms with Crippen LogP contribution >= 0.6 is 11.6 Å². The highest BCUT2D eigenvalue weighted by molar-refractivity contribution is 7.89. The molecule has 1 saturated carbocycles. The fourth-order valence-corrected chi connectivity index (χ4v) is 9.99. The smallest absolute Gasteiger partial charge is 0.328 e. The summed E-state index contributed by atoms with van der Waals surface area (Å²) in [6.45, 7) is 6.15. The molecule has 2 atom stereocenters. The van der Waals surface area contributed by atoms with Crippen LogP contribution in [-0.4, -0.2) is 119 Å². The first kappa shape index (κ1) is 39.3. The molecule has 298 valence electrons. The Labute approximate surface area is 322 Å². The number of amides is 3. The topological polar surface area (TPSA) is 173 Å². The number of aliphatic hydroxyl groups is 1. The number of hydrogen-bond acceptors (Lipinski definition) is 11. The summed E-state index contributed by atoms with van der Waals surface area (Å²) in [5, 5.41) is 17.2. The second kappa shape index (κ2) is 15.9. The van der Waals surface area contributed by atoms with E-state index in [0.717, 1.165) is 37.9 Å². The molecule has 15 nitrogen and oxygen atoms in total. The minimum absolute atomic E-state index is 0.0366. The lowest BCUT2D eigenvalue weighted by molar-refractivity contribution is -0.120. The van der Waals surface area contributed by atoms with E-state index in [4.69, 9.17) is 11.6 Å². The third-order valence-corrected chi connectivity index (χ3v) is 13.6. The zero-order valence-electron chi connectivity index (χ0n) is 30.6. The monoisotopic (exact) mass is 805 g/mol. The number of imide groups is 1. The van der Waals surface area contributed by atoms with Gasteiger partial charge in [0.15, 0.2) is 0 Å². The van der Waals surface area contributed by atoms with Gasteiger partial charge in [0.1, 0.15) is 5.65 Å². The highest BCUT2D eigenvalue weighted by atomic mass is 35.5. The third-order valence-electron chi connectivity index (χ3n) is 11.3. The van der Waals surface area contributed by atoms with Crippen molar-refractivity contribution < 1.29 is 31.9 Å². The molecule has 3 saturated heterocycles. The Morgan fingerprint density at radius 1 is 1.05 bits per heavy atom. The number of benzene rings is 1. The molecule has 19 heteroatoms. The zero-order chi connectivity index (χ0) is 39.1. The largest absolute Gasteiger partial charge is 0.388 e. The van der Waals surface area contributed by atoms with Gasteiger partial charge in [0, 0.05) is 75.5 Å². The Balaban J connectivity index is 0.888. The van der Waals surface area contributed by atoms with Crippen molar-refractivity contribution in [1.82, 2.24) is 29.1 Å². The van der Waals surface area contributed by atoms with E-state index < -0.39 is 45.2 Å². The van der Waals surface area contributed by atoms with Gasteiger partial charge in [-0.05, 0) is 76.3 Å². The molecule has 0 unspecified atom stereocenters. The molecule has 55 heavy (non-hydrogen) atoms. The number of nitrogens with one attached hydrogen (secondary N) is 2. The lowest BCUT2D eigenvalue weighted by Gasteiger charge is -2.37. The summed E-state index contributed by atoms with van der Waals surface area (Å²) in [7, 11) is -3.48. The molecule has 0 spiro atoms. The third kappa shape index (κ3) is 8.43. The maximum Gasteiger partial charge on any atom is 0.328 e. The molecule has 3 N–H and O–H groups in total. The van der Waals surface area contributed by atoms with Crippen LogP contribution in [0, 0.1) is 0 Å². The van der Waals surface area contributed by atoms with E-state index in [2.05, 4.69) is 30.4 Å². The number of fused-ring (bicyclic) bond motifs is 1. The summed E-state index contributed by atoms with van der Waals surface area (Å²) in [6, 6.07) is 5.30. The SMILES string of the molecule is C[C@@]1(O)CCC[C@H]1n1c(=O)c(C(F)F)cc2cnc(NC3CCN(S(=O)(=O)CCCN4CCN(c5ccc(N6CCC(=O)NC6=O)c(Cl)c5)CC4)CC3)nc21. The molecule has 3 aliphatic heterocycles. The van der Waals surface area contributed by atoms with E-state index in [1.807, 2.05) is 12.1 Å². The van der Waals surface area contributed by atoms with Crippen LogP contribution in [0.5, 0.6) is 0 Å². The lowest BCUT2D eigenvalue weighted by atomic mass is 9.99. The number of hydrogen-bond donors (Lipinski definition) is 3. The quantitative estimate of drug-likeness (QED) is 0.258. The molecule has 1 aromatic carbocycles. The molecule has 0 bridgehead atoms. The summed E-state index contributed by atoms with van der Waals surface area (Å²) in [5.41, 5.74) is -1.14. The van der Waals surface area contributed by atoms with Gasteiger partial charge in [-0.2, -0.15) is 4.98 Å². The molecule has 3 aromatic rings. The first-order valence-electron chi connectivity index (χ1n) is 18.8. The lowest BCUT2D eigenvalue weighted by Crippen LogP contribution is -2.49. The van der Waals surface area contributed by atoms with Crippen LogP contribution in [0.1, 0.15) is 69.9 Å². The average Bonchev–Trinajstić information content (AvgIpc) is 3.50. The number of piperidine rings is 1. The number of piperazine rings is 1. The van der Waals surface area contributed by atoms with Crippen molar-refractivity contribution >= 4 is 61.9 Å². The van der Waals surface area contributed by atoms with E-state index >= 15 is 0 Å². The highest BCUT2D eigenvalue weighted by Crippen LogP contribution is 2.40. The summed E-state index contributed by atoms with van der Waals surface area (Å²) in [6.07, 6.45) is 1.65. The molecule has 0 radical (unpaired) electrons. The predicted octanol–water partition coefficient (Wildman–Crippen LogP) is 3.72. The van der Waals surface area contributed by atoms with Gasteiger partial charge in [-0.15, -0.1) is 0 Å². The molecular formula is C36H46ClF2N9O6S. The summed E-state index contributed by atoms with van der Waals surface area (Å²) in [5.74, 6) is -0.0664. The summed E-state index contributed by atoms with van der Waals surface area (Å²) >= 11 is 6.55. The normalized spacial score (nSPS) is 23.6. The van der Waals surface area contributed by atoms with Gasteiger partial charge in [-0.3, -0.25) is 29.3 Å². The van der Waals surface area contributed by atoms with Crippen LogP contribution in [0.3, 0.4) is 0 Å². The van der Waals surface area contributed by atoms with E-state index in [0.29, 0.717) is 68.9 Å². The molecular weight excluding hydrogens is 760 g/mol. The molecule has 5 heterocycles. The van der Waals surface area contributed by atoms with Crippen molar-refractivity contribution in [2.75, 3.05) is 73.2 Å². The predicted molar refractivity (Wildman–Crippen MR) is 204 cm³/mol. The zero-order valence-corrected chi connectivity index (χ0v) is 32.2. The minimum atomic E-state index is -3.48. The number of pyridine rings is 1. The highest BCUT2D eigenvalue weighted by Gasteiger charge is 2.40. The Bertz CT molecular complexity index is 2110. The number of sulfonamides is 1. The molecule has 3 amide bonds. The van der Waals surface area contributed by atoms with E-state index in [-0.39, 0.29) is 47.6 Å². The van der Waals surface area contributed by atoms with Gasteiger partial charge in [0.2, 0.25) is 21.9 Å². The number of carbonyl (C=O) groups excluding carboxylic acids is 2. The molecule has 4 fully saturated rings. The maximum atomic E-state index is 13.8. The summed E-state index contributed by atoms with van der Waals surface area (Å²) < 4.78 is 57.0. The number of urea groups is 1. The first-order chi connectivity index (χ1) is 26.2. The van der Waals surface area contributed by atoms with Gasteiger partial charge >= 0.3 is 6.03 Å². The van der Waals surface area contributed by atoms with Crippen molar-refractivity contribution in [1.29, 1.82) is 0 Å². The fraction of sp³-hybridized carbons (Fsp3) is 0.583. The van der Waals surface area contributed by atoms with Crippen molar-refractivity contribution in [3.05, 3.63) is 51.4 Å². The summed E-state index contributed by atoms with van der Waals surface area (Å²) in [4.78, 5) is 51.8. The van der Waals surface area contributed by atoms with Crippen LogP contribution in [0.2, 0.25) is 5.02 Å². The minimum Gasteiger partial charge on any atom is -0.388 e. The van der Waals surface area contributed by atoms with Crippen LogP contribution in [-0.2, 0) is 14.8 Å². The Kier molecular flexibility index (Phi) is 11.3. The van der Waals surface area contributed by atoms with Crippen LogP contribution in [0.4, 0.5) is 30.9 Å². The van der Waals surface area contributed by atoms with Crippen LogP contribution < -0.4 is 26.0 Å². The number of halogens is 3. The second-order valence-corrected chi connectivity index (χ2v) is 17.5. The Morgan fingerprint density at radius 3 is 2.45 bits per heavy atom. The molecule has 7 rings (SSSR count). The van der Waals surface area contributed by atoms with Crippen molar-refractivity contribution in [2.45, 2.75) is 76.0 Å². The number of rotatable bonds is 11. The van der Waals surface area contributed by atoms with E-state index in [1.54, 1.807) is 13.0 Å². The van der Waals surface area contributed by atoms with E-state index in [1.165, 1.54) is 20.0 Å². The fourth-order valence-electron chi connectivity index (χ4n) is 8.19. The van der Waals surface area contributed by atoms with Gasteiger partial charge in [-0.25, -0.2) is 31.3 Å². The van der Waals surface area contributed by atoms with Crippen LogP contribution in [0.15, 0.2) is 35.3 Å². The Morgan fingerprint density at radius 2 is 1.80 bits per heavy atom. The first-order valence-corrected chi connectivity index (χ1v) is 20.7. The van der Waals surface area contributed by atoms with Gasteiger partial charge in [0.25, 0.3) is 12.0 Å². The van der Waals surface area contributed by atoms with Gasteiger partial charge < -0.3 is 15.3 Å². The number of carbonyl (C=O) groups is 2. The van der Waals surface area contributed by atoms with E-state index in [9.17, 15) is 36.7 Å². The number of alkyl halides is 2. The molecule has 2 aromatic heterocycles. The number of anilines is 3. The van der Waals surface area contributed by atoms with Crippen molar-refractivity contribution in [3.8, 4) is 0 Å². The Hall–Kier alpha value is -3.97. The number of nitrogens with zero attached hydrogens (tertiary/aromatic N) is 7.